The van der Waals surface area contributed by atoms with Crippen molar-refractivity contribution in [3.05, 3.63) is 6.33 Å². The maximum Gasteiger partial charge on any atom is 0.224 e. The van der Waals surface area contributed by atoms with E-state index in [1.54, 1.807) is 6.33 Å². The Morgan fingerprint density at radius 1 is 1.16 bits per heavy atom. The second kappa shape index (κ2) is 4.08. The van der Waals surface area contributed by atoms with Crippen LogP contribution in [0.1, 0.15) is 25.7 Å². The first-order chi connectivity index (χ1) is 9.29. The van der Waals surface area contributed by atoms with Crippen molar-refractivity contribution in [1.29, 1.82) is 0 Å². The summed E-state index contributed by atoms with van der Waals surface area (Å²) in [6.07, 6.45) is 7.03. The van der Waals surface area contributed by atoms with Crippen LogP contribution in [0, 0.1) is 11.8 Å². The summed E-state index contributed by atoms with van der Waals surface area (Å²) in [5.41, 5.74) is 7.39. The zero-order valence-corrected chi connectivity index (χ0v) is 10.8. The van der Waals surface area contributed by atoms with E-state index >= 15 is 0 Å². The van der Waals surface area contributed by atoms with Crippen LogP contribution in [-0.2, 0) is 0 Å². The normalized spacial score (nSPS) is 18.9. The van der Waals surface area contributed by atoms with Crippen LogP contribution < -0.4 is 10.6 Å². The molecule has 3 N–H and O–H groups in total. The Kier molecular flexibility index (Phi) is 2.36. The maximum atomic E-state index is 5.81. The van der Waals surface area contributed by atoms with Gasteiger partial charge in [-0.1, -0.05) is 0 Å². The first kappa shape index (κ1) is 11.0. The molecule has 100 valence electrons. The van der Waals surface area contributed by atoms with Crippen LogP contribution >= 0.6 is 0 Å². The number of aromatic amines is 1. The van der Waals surface area contributed by atoms with Gasteiger partial charge in [-0.05, 0) is 37.5 Å². The molecule has 0 aliphatic heterocycles. The number of nitrogens with one attached hydrogen (secondary N) is 1. The van der Waals surface area contributed by atoms with Gasteiger partial charge in [-0.25, -0.2) is 4.98 Å². The predicted octanol–water partition coefficient (Wildman–Crippen LogP) is 1.56. The van der Waals surface area contributed by atoms with Gasteiger partial charge in [0.05, 0.1) is 6.33 Å². The number of aromatic nitrogens is 4. The zero-order chi connectivity index (χ0) is 12.8. The molecule has 2 aliphatic rings. The number of nitrogen functional groups attached to an aromatic ring is 1. The Morgan fingerprint density at radius 2 is 1.84 bits per heavy atom. The van der Waals surface area contributed by atoms with Gasteiger partial charge in [-0.2, -0.15) is 9.97 Å². The summed E-state index contributed by atoms with van der Waals surface area (Å²) < 4.78 is 0. The lowest BCUT2D eigenvalue weighted by molar-refractivity contribution is 0.673. The number of H-pyrrole nitrogens is 1. The largest absolute Gasteiger partial charge is 0.368 e. The van der Waals surface area contributed by atoms with E-state index in [9.17, 15) is 0 Å². The number of fused-ring (bicyclic) bond motifs is 1. The Hall–Kier alpha value is -1.85. The molecule has 6 heteroatoms. The molecule has 0 spiro atoms. The van der Waals surface area contributed by atoms with Gasteiger partial charge in [-0.3, -0.25) is 0 Å². The summed E-state index contributed by atoms with van der Waals surface area (Å²) in [4.78, 5) is 18.4. The molecule has 0 aromatic carbocycles. The fourth-order valence-electron chi connectivity index (χ4n) is 2.53. The zero-order valence-electron chi connectivity index (χ0n) is 10.8. The summed E-state index contributed by atoms with van der Waals surface area (Å²) in [6.45, 7) is 2.17. The minimum atomic E-state index is 0.311. The third-order valence-electron chi connectivity index (χ3n) is 3.93. The lowest BCUT2D eigenvalue weighted by Gasteiger charge is -2.24. The third-order valence-corrected chi connectivity index (χ3v) is 3.93. The summed E-state index contributed by atoms with van der Waals surface area (Å²) >= 11 is 0. The van der Waals surface area contributed by atoms with Gasteiger partial charge in [0, 0.05) is 13.1 Å². The van der Waals surface area contributed by atoms with Crippen LogP contribution in [0.15, 0.2) is 6.33 Å². The third kappa shape index (κ3) is 2.22. The van der Waals surface area contributed by atoms with Crippen molar-refractivity contribution < 1.29 is 0 Å². The highest BCUT2D eigenvalue weighted by Gasteiger charge is 2.31. The molecule has 19 heavy (non-hydrogen) atoms. The van der Waals surface area contributed by atoms with E-state index in [1.165, 1.54) is 25.7 Å². The highest BCUT2D eigenvalue weighted by molar-refractivity contribution is 5.84. The molecular weight excluding hydrogens is 240 g/mol. The molecular formula is C13H18N6. The molecule has 2 heterocycles. The number of anilines is 2. The van der Waals surface area contributed by atoms with E-state index in [-0.39, 0.29) is 0 Å². The van der Waals surface area contributed by atoms with Crippen molar-refractivity contribution in [2.24, 2.45) is 11.8 Å². The first-order valence-electron chi connectivity index (χ1n) is 7.01. The van der Waals surface area contributed by atoms with E-state index in [0.29, 0.717) is 11.6 Å². The van der Waals surface area contributed by atoms with E-state index in [0.717, 1.165) is 36.3 Å². The Bertz CT molecular complexity index is 584. The number of rotatable bonds is 5. The quantitative estimate of drug-likeness (QED) is 0.850. The van der Waals surface area contributed by atoms with Crippen LogP contribution in [0.5, 0.6) is 0 Å². The van der Waals surface area contributed by atoms with E-state index in [2.05, 4.69) is 24.8 Å². The Labute approximate surface area is 111 Å². The lowest BCUT2D eigenvalue weighted by atomic mass is 10.3. The molecule has 6 nitrogen and oxygen atoms in total. The maximum absolute atomic E-state index is 5.81. The van der Waals surface area contributed by atoms with E-state index < -0.39 is 0 Å². The molecule has 0 radical (unpaired) electrons. The summed E-state index contributed by atoms with van der Waals surface area (Å²) in [6, 6.07) is 0. The minimum Gasteiger partial charge on any atom is -0.368 e. The number of nitrogens with zero attached hydrogens (tertiary/aromatic N) is 4. The smallest absolute Gasteiger partial charge is 0.224 e. The van der Waals surface area contributed by atoms with Crippen LogP contribution in [-0.4, -0.2) is 33.0 Å². The monoisotopic (exact) mass is 258 g/mol. The molecule has 0 unspecified atom stereocenters. The average molecular weight is 258 g/mol. The lowest BCUT2D eigenvalue weighted by Crippen LogP contribution is -2.29. The van der Waals surface area contributed by atoms with Gasteiger partial charge in [0.2, 0.25) is 5.95 Å². The van der Waals surface area contributed by atoms with Gasteiger partial charge in [-0.15, -0.1) is 0 Å². The van der Waals surface area contributed by atoms with Gasteiger partial charge < -0.3 is 15.6 Å². The van der Waals surface area contributed by atoms with Gasteiger partial charge in [0.25, 0.3) is 0 Å². The minimum absolute atomic E-state index is 0.311. The summed E-state index contributed by atoms with van der Waals surface area (Å²) in [5, 5.41) is 0. The standard InChI is InChI=1S/C13H18N6/c14-13-17-11-10(15-7-16-11)12(18-13)19(5-8-1-2-8)6-9-3-4-9/h7-9H,1-6H2,(H3,14,15,16,17,18). The summed E-state index contributed by atoms with van der Waals surface area (Å²) in [5.74, 6) is 2.89. The average Bonchev–Trinajstić information content (AvgIpc) is 3.30. The van der Waals surface area contributed by atoms with Crippen molar-refractivity contribution in [3.8, 4) is 0 Å². The first-order valence-corrected chi connectivity index (χ1v) is 7.01. The Morgan fingerprint density at radius 3 is 2.47 bits per heavy atom. The van der Waals surface area contributed by atoms with E-state index in [1.807, 2.05) is 0 Å². The van der Waals surface area contributed by atoms with E-state index in [4.69, 9.17) is 5.73 Å². The van der Waals surface area contributed by atoms with Crippen LogP contribution in [0.25, 0.3) is 11.2 Å². The SMILES string of the molecule is Nc1nc(N(CC2CC2)CC2CC2)c2[nH]cnc2n1. The van der Waals surface area contributed by atoms with Crippen LogP contribution in [0.2, 0.25) is 0 Å². The van der Waals surface area contributed by atoms with Crippen LogP contribution in [0.4, 0.5) is 11.8 Å². The highest BCUT2D eigenvalue weighted by Crippen LogP contribution is 2.36. The van der Waals surface area contributed by atoms with Crippen molar-refractivity contribution >= 4 is 22.9 Å². The van der Waals surface area contributed by atoms with Crippen molar-refractivity contribution in [3.63, 3.8) is 0 Å². The number of nitrogens with two attached hydrogens (primary N) is 1. The molecule has 0 saturated heterocycles. The molecule has 2 aromatic rings. The van der Waals surface area contributed by atoms with Gasteiger partial charge in [0.15, 0.2) is 11.5 Å². The predicted molar refractivity (Wildman–Crippen MR) is 73.8 cm³/mol. The van der Waals surface area contributed by atoms with Crippen molar-refractivity contribution in [2.45, 2.75) is 25.7 Å². The van der Waals surface area contributed by atoms with Gasteiger partial charge >= 0.3 is 0 Å². The molecule has 4 rings (SSSR count). The molecule has 0 atom stereocenters. The number of hydrogen-bond acceptors (Lipinski definition) is 5. The second-order valence-corrected chi connectivity index (χ2v) is 5.80. The molecule has 2 saturated carbocycles. The fraction of sp³-hybridized carbons (Fsp3) is 0.615. The molecule has 2 fully saturated rings. The molecule has 0 amide bonds. The van der Waals surface area contributed by atoms with Crippen LogP contribution in [0.3, 0.4) is 0 Å². The molecule has 2 aliphatic carbocycles. The topological polar surface area (TPSA) is 83.7 Å². The van der Waals surface area contributed by atoms with Crippen molar-refractivity contribution in [2.75, 3.05) is 23.7 Å². The highest BCUT2D eigenvalue weighted by atomic mass is 15.2. The number of imidazole rings is 1. The molecule has 2 aromatic heterocycles. The Balaban J connectivity index is 1.72. The fourth-order valence-corrected chi connectivity index (χ4v) is 2.53. The number of hydrogen-bond donors (Lipinski definition) is 2. The van der Waals surface area contributed by atoms with Crippen molar-refractivity contribution in [1.82, 2.24) is 19.9 Å². The summed E-state index contributed by atoms with van der Waals surface area (Å²) in [7, 11) is 0. The molecule has 0 bridgehead atoms. The second-order valence-electron chi connectivity index (χ2n) is 5.80. The van der Waals surface area contributed by atoms with Gasteiger partial charge in [0.1, 0.15) is 5.52 Å².